The number of rotatable bonds is 5. The molecule has 0 bridgehead atoms. The molecule has 0 atom stereocenters. The maximum absolute atomic E-state index is 5.70. The first-order valence-corrected chi connectivity index (χ1v) is 6.20. The standard InChI is InChI=1S/C14H18N2O2/c1-4-5-13-15-14(18-16-13)9-17-12-8-10(2)6-7-11(12)3/h6-8H,4-5,9H2,1-3H3. The summed E-state index contributed by atoms with van der Waals surface area (Å²) in [6, 6.07) is 6.12. The van der Waals surface area contributed by atoms with E-state index in [-0.39, 0.29) is 0 Å². The second-order valence-electron chi connectivity index (χ2n) is 4.41. The molecule has 0 amide bonds. The molecule has 4 heteroatoms. The van der Waals surface area contributed by atoms with Crippen LogP contribution in [0.2, 0.25) is 0 Å². The topological polar surface area (TPSA) is 48.2 Å². The second kappa shape index (κ2) is 5.67. The van der Waals surface area contributed by atoms with E-state index in [1.54, 1.807) is 0 Å². The van der Waals surface area contributed by atoms with Gasteiger partial charge in [-0.05, 0) is 37.5 Å². The van der Waals surface area contributed by atoms with Crippen molar-refractivity contribution in [3.63, 3.8) is 0 Å². The van der Waals surface area contributed by atoms with Crippen LogP contribution in [0, 0.1) is 13.8 Å². The maximum atomic E-state index is 5.70. The zero-order chi connectivity index (χ0) is 13.0. The number of aromatic nitrogens is 2. The van der Waals surface area contributed by atoms with Gasteiger partial charge in [0.15, 0.2) is 12.4 Å². The summed E-state index contributed by atoms with van der Waals surface area (Å²) in [5.74, 6) is 2.14. The molecule has 4 nitrogen and oxygen atoms in total. The van der Waals surface area contributed by atoms with Crippen molar-refractivity contribution in [3.8, 4) is 5.75 Å². The lowest BCUT2D eigenvalue weighted by molar-refractivity contribution is 0.241. The van der Waals surface area contributed by atoms with E-state index in [2.05, 4.69) is 23.1 Å². The predicted octanol–water partition coefficient (Wildman–Crippen LogP) is 3.22. The number of aryl methyl sites for hydroxylation is 3. The van der Waals surface area contributed by atoms with Crippen LogP contribution in [0.4, 0.5) is 0 Å². The number of ether oxygens (including phenoxy) is 1. The van der Waals surface area contributed by atoms with Gasteiger partial charge in [-0.3, -0.25) is 0 Å². The fraction of sp³-hybridized carbons (Fsp3) is 0.429. The van der Waals surface area contributed by atoms with Gasteiger partial charge in [0, 0.05) is 6.42 Å². The van der Waals surface area contributed by atoms with E-state index in [9.17, 15) is 0 Å². The SMILES string of the molecule is CCCc1noc(COc2cc(C)ccc2C)n1. The molecule has 0 aliphatic rings. The van der Waals surface area contributed by atoms with E-state index in [1.807, 2.05) is 26.0 Å². The molecule has 96 valence electrons. The van der Waals surface area contributed by atoms with Crippen LogP contribution in [-0.2, 0) is 13.0 Å². The minimum atomic E-state index is 0.320. The molecule has 18 heavy (non-hydrogen) atoms. The Bertz CT molecular complexity index is 520. The van der Waals surface area contributed by atoms with Crippen molar-refractivity contribution in [2.24, 2.45) is 0 Å². The minimum Gasteiger partial charge on any atom is -0.483 e. The van der Waals surface area contributed by atoms with Gasteiger partial charge in [-0.15, -0.1) is 0 Å². The van der Waals surface area contributed by atoms with Crippen LogP contribution in [0.25, 0.3) is 0 Å². The van der Waals surface area contributed by atoms with E-state index in [0.29, 0.717) is 12.5 Å². The van der Waals surface area contributed by atoms with Crippen LogP contribution < -0.4 is 4.74 Å². The molecule has 0 N–H and O–H groups in total. The van der Waals surface area contributed by atoms with Crippen LogP contribution in [0.1, 0.15) is 36.2 Å². The molecule has 2 rings (SSSR count). The Morgan fingerprint density at radius 3 is 2.89 bits per heavy atom. The van der Waals surface area contributed by atoms with E-state index in [0.717, 1.165) is 30.0 Å². The summed E-state index contributed by atoms with van der Waals surface area (Å²) in [4.78, 5) is 4.26. The monoisotopic (exact) mass is 246 g/mol. The second-order valence-corrected chi connectivity index (χ2v) is 4.41. The van der Waals surface area contributed by atoms with Crippen molar-refractivity contribution in [1.29, 1.82) is 0 Å². The van der Waals surface area contributed by atoms with Gasteiger partial charge in [-0.25, -0.2) is 0 Å². The molecule has 0 radical (unpaired) electrons. The largest absolute Gasteiger partial charge is 0.483 e. The van der Waals surface area contributed by atoms with Crippen molar-refractivity contribution in [3.05, 3.63) is 41.0 Å². The summed E-state index contributed by atoms with van der Waals surface area (Å²) >= 11 is 0. The molecule has 1 aromatic heterocycles. The Kier molecular flexibility index (Phi) is 3.97. The zero-order valence-electron chi connectivity index (χ0n) is 11.1. The van der Waals surface area contributed by atoms with Crippen LogP contribution >= 0.6 is 0 Å². The first kappa shape index (κ1) is 12.6. The molecule has 1 aromatic carbocycles. The lowest BCUT2D eigenvalue weighted by Crippen LogP contribution is -1.98. The summed E-state index contributed by atoms with van der Waals surface area (Å²) in [6.45, 7) is 6.47. The summed E-state index contributed by atoms with van der Waals surface area (Å²) in [7, 11) is 0. The summed E-state index contributed by atoms with van der Waals surface area (Å²) in [6.07, 6.45) is 1.85. The van der Waals surface area contributed by atoms with E-state index >= 15 is 0 Å². The summed E-state index contributed by atoms with van der Waals surface area (Å²) in [5, 5.41) is 3.89. The smallest absolute Gasteiger partial charge is 0.264 e. The van der Waals surface area contributed by atoms with Crippen molar-refractivity contribution in [2.45, 2.75) is 40.2 Å². The Labute approximate surface area is 107 Å². The van der Waals surface area contributed by atoms with Crippen molar-refractivity contribution >= 4 is 0 Å². The summed E-state index contributed by atoms with van der Waals surface area (Å²) < 4.78 is 10.8. The van der Waals surface area contributed by atoms with Gasteiger partial charge in [-0.2, -0.15) is 4.98 Å². The third kappa shape index (κ3) is 3.09. The highest BCUT2D eigenvalue weighted by Gasteiger charge is 2.07. The molecule has 0 saturated heterocycles. The van der Waals surface area contributed by atoms with Crippen LogP contribution in [0.15, 0.2) is 22.7 Å². The van der Waals surface area contributed by atoms with Gasteiger partial charge in [0.25, 0.3) is 5.89 Å². The Morgan fingerprint density at radius 1 is 1.28 bits per heavy atom. The lowest BCUT2D eigenvalue weighted by atomic mass is 10.1. The Hall–Kier alpha value is -1.84. The molecule has 0 aliphatic heterocycles. The van der Waals surface area contributed by atoms with Gasteiger partial charge < -0.3 is 9.26 Å². The average molecular weight is 246 g/mol. The molecule has 0 aliphatic carbocycles. The highest BCUT2D eigenvalue weighted by atomic mass is 16.5. The minimum absolute atomic E-state index is 0.320. The van der Waals surface area contributed by atoms with Gasteiger partial charge in [-0.1, -0.05) is 24.2 Å². The molecule has 0 spiro atoms. The third-order valence-corrected chi connectivity index (χ3v) is 2.68. The molecule has 2 aromatic rings. The van der Waals surface area contributed by atoms with E-state index in [4.69, 9.17) is 9.26 Å². The zero-order valence-corrected chi connectivity index (χ0v) is 11.1. The first-order valence-electron chi connectivity index (χ1n) is 6.20. The normalized spacial score (nSPS) is 10.6. The van der Waals surface area contributed by atoms with Crippen molar-refractivity contribution in [2.75, 3.05) is 0 Å². The van der Waals surface area contributed by atoms with Crippen LogP contribution in [0.5, 0.6) is 5.75 Å². The molecule has 1 heterocycles. The van der Waals surface area contributed by atoms with Crippen molar-refractivity contribution < 1.29 is 9.26 Å². The number of benzene rings is 1. The van der Waals surface area contributed by atoms with Gasteiger partial charge in [0.05, 0.1) is 0 Å². The maximum Gasteiger partial charge on any atom is 0.264 e. The van der Waals surface area contributed by atoms with Crippen LogP contribution in [0.3, 0.4) is 0 Å². The molecule has 0 saturated carbocycles. The van der Waals surface area contributed by atoms with E-state index in [1.165, 1.54) is 5.56 Å². The fourth-order valence-corrected chi connectivity index (χ4v) is 1.68. The molecular weight excluding hydrogens is 228 g/mol. The molecular formula is C14H18N2O2. The van der Waals surface area contributed by atoms with Gasteiger partial charge in [0.2, 0.25) is 0 Å². The quantitative estimate of drug-likeness (QED) is 0.812. The van der Waals surface area contributed by atoms with Crippen LogP contribution in [-0.4, -0.2) is 10.1 Å². The number of nitrogens with zero attached hydrogens (tertiary/aromatic N) is 2. The van der Waals surface area contributed by atoms with Crippen molar-refractivity contribution in [1.82, 2.24) is 10.1 Å². The van der Waals surface area contributed by atoms with Gasteiger partial charge >= 0.3 is 0 Å². The summed E-state index contributed by atoms with van der Waals surface area (Å²) in [5.41, 5.74) is 2.28. The highest BCUT2D eigenvalue weighted by molar-refractivity contribution is 5.35. The average Bonchev–Trinajstić information content (AvgIpc) is 2.79. The Balaban J connectivity index is 1.99. The Morgan fingerprint density at radius 2 is 2.11 bits per heavy atom. The van der Waals surface area contributed by atoms with E-state index < -0.39 is 0 Å². The highest BCUT2D eigenvalue weighted by Crippen LogP contribution is 2.20. The number of hydrogen-bond acceptors (Lipinski definition) is 4. The molecule has 0 fully saturated rings. The lowest BCUT2D eigenvalue weighted by Gasteiger charge is -2.07. The van der Waals surface area contributed by atoms with Gasteiger partial charge in [0.1, 0.15) is 5.75 Å². The third-order valence-electron chi connectivity index (χ3n) is 2.68. The molecule has 0 unspecified atom stereocenters. The first-order chi connectivity index (χ1) is 8.69. The fourth-order valence-electron chi connectivity index (χ4n) is 1.68. The number of hydrogen-bond donors (Lipinski definition) is 0. The predicted molar refractivity (Wildman–Crippen MR) is 68.5 cm³/mol.